The molecule has 0 bridgehead atoms. The molecule has 0 heterocycles. The van der Waals surface area contributed by atoms with E-state index < -0.39 is 5.54 Å². The van der Waals surface area contributed by atoms with Crippen LogP contribution in [0.4, 0.5) is 4.39 Å². The SMILES string of the molecule is COC(=O)CC(c1ccc(F)cc1C)C(C)(C)N. The van der Waals surface area contributed by atoms with Crippen LogP contribution in [-0.2, 0) is 9.53 Å². The van der Waals surface area contributed by atoms with Gasteiger partial charge in [-0.3, -0.25) is 4.79 Å². The van der Waals surface area contributed by atoms with E-state index in [1.807, 2.05) is 20.8 Å². The quantitative estimate of drug-likeness (QED) is 0.839. The number of methoxy groups -OCH3 is 1. The highest BCUT2D eigenvalue weighted by Gasteiger charge is 2.30. The third kappa shape index (κ3) is 3.53. The van der Waals surface area contributed by atoms with E-state index in [4.69, 9.17) is 10.5 Å². The molecule has 100 valence electrons. The van der Waals surface area contributed by atoms with Gasteiger partial charge < -0.3 is 10.5 Å². The first kappa shape index (κ1) is 14.6. The molecule has 0 radical (unpaired) electrons. The smallest absolute Gasteiger partial charge is 0.306 e. The molecule has 0 spiro atoms. The highest BCUT2D eigenvalue weighted by molar-refractivity contribution is 5.70. The predicted octanol–water partition coefficient (Wildman–Crippen LogP) is 2.52. The maximum Gasteiger partial charge on any atom is 0.306 e. The summed E-state index contributed by atoms with van der Waals surface area (Å²) in [5, 5.41) is 0. The first-order chi connectivity index (χ1) is 8.25. The van der Waals surface area contributed by atoms with E-state index in [1.165, 1.54) is 19.2 Å². The molecule has 0 saturated carbocycles. The molecule has 0 saturated heterocycles. The second-order valence-electron chi connectivity index (χ2n) is 5.16. The second-order valence-corrected chi connectivity index (χ2v) is 5.16. The molecule has 1 unspecified atom stereocenters. The Balaban J connectivity index is 3.14. The fraction of sp³-hybridized carbons (Fsp3) is 0.500. The Morgan fingerprint density at radius 2 is 2.11 bits per heavy atom. The van der Waals surface area contributed by atoms with E-state index in [9.17, 15) is 9.18 Å². The number of ether oxygens (including phenoxy) is 1. The number of carbonyl (C=O) groups excluding carboxylic acids is 1. The Labute approximate surface area is 107 Å². The zero-order valence-corrected chi connectivity index (χ0v) is 11.3. The zero-order valence-electron chi connectivity index (χ0n) is 11.3. The Morgan fingerprint density at radius 1 is 1.50 bits per heavy atom. The number of hydrogen-bond donors (Lipinski definition) is 1. The van der Waals surface area contributed by atoms with E-state index in [-0.39, 0.29) is 24.1 Å². The van der Waals surface area contributed by atoms with Crippen molar-refractivity contribution < 1.29 is 13.9 Å². The van der Waals surface area contributed by atoms with Crippen molar-refractivity contribution in [2.45, 2.75) is 38.6 Å². The lowest BCUT2D eigenvalue weighted by Gasteiger charge is -2.31. The van der Waals surface area contributed by atoms with Crippen LogP contribution in [0, 0.1) is 12.7 Å². The standard InChI is InChI=1S/C14H20FNO2/c1-9-7-10(15)5-6-11(9)12(14(2,3)16)8-13(17)18-4/h5-7,12H,8,16H2,1-4H3. The number of rotatable bonds is 4. The third-order valence-corrected chi connectivity index (χ3v) is 3.10. The fourth-order valence-electron chi connectivity index (χ4n) is 2.05. The molecule has 0 aliphatic heterocycles. The summed E-state index contributed by atoms with van der Waals surface area (Å²) >= 11 is 0. The fourth-order valence-corrected chi connectivity index (χ4v) is 2.05. The topological polar surface area (TPSA) is 52.3 Å². The first-order valence-corrected chi connectivity index (χ1v) is 5.87. The average molecular weight is 253 g/mol. The van der Waals surface area contributed by atoms with E-state index in [0.29, 0.717) is 0 Å². The number of nitrogens with two attached hydrogens (primary N) is 1. The molecule has 0 amide bonds. The maximum absolute atomic E-state index is 13.1. The van der Waals surface area contributed by atoms with Crippen LogP contribution in [0.1, 0.15) is 37.3 Å². The van der Waals surface area contributed by atoms with Crippen molar-refractivity contribution >= 4 is 5.97 Å². The minimum Gasteiger partial charge on any atom is -0.469 e. The number of esters is 1. The van der Waals surface area contributed by atoms with Crippen molar-refractivity contribution in [1.82, 2.24) is 0 Å². The van der Waals surface area contributed by atoms with Crippen molar-refractivity contribution in [2.24, 2.45) is 5.73 Å². The molecule has 0 aliphatic carbocycles. The molecule has 1 aromatic rings. The lowest BCUT2D eigenvalue weighted by atomic mass is 9.79. The third-order valence-electron chi connectivity index (χ3n) is 3.10. The number of benzene rings is 1. The van der Waals surface area contributed by atoms with Gasteiger partial charge in [-0.15, -0.1) is 0 Å². The van der Waals surface area contributed by atoms with Crippen LogP contribution in [0.3, 0.4) is 0 Å². The first-order valence-electron chi connectivity index (χ1n) is 5.87. The van der Waals surface area contributed by atoms with Crippen LogP contribution < -0.4 is 5.73 Å². The molecule has 1 aromatic carbocycles. The van der Waals surface area contributed by atoms with Crippen molar-refractivity contribution in [3.8, 4) is 0 Å². The van der Waals surface area contributed by atoms with Gasteiger partial charge in [-0.1, -0.05) is 6.07 Å². The van der Waals surface area contributed by atoms with Gasteiger partial charge in [0.25, 0.3) is 0 Å². The summed E-state index contributed by atoms with van der Waals surface area (Å²) in [6, 6.07) is 4.52. The summed E-state index contributed by atoms with van der Waals surface area (Å²) < 4.78 is 17.8. The molecule has 1 atom stereocenters. The number of aryl methyl sites for hydroxylation is 1. The van der Waals surface area contributed by atoms with Crippen molar-refractivity contribution in [3.63, 3.8) is 0 Å². The maximum atomic E-state index is 13.1. The Kier molecular flexibility index (Phi) is 4.46. The molecular formula is C14H20FNO2. The van der Waals surface area contributed by atoms with Crippen molar-refractivity contribution in [1.29, 1.82) is 0 Å². The Morgan fingerprint density at radius 3 is 2.56 bits per heavy atom. The average Bonchev–Trinajstić information content (AvgIpc) is 2.25. The van der Waals surface area contributed by atoms with Gasteiger partial charge in [0.2, 0.25) is 0 Å². The molecule has 1 rings (SSSR count). The number of carbonyl (C=O) groups is 1. The number of hydrogen-bond acceptors (Lipinski definition) is 3. The molecule has 0 fully saturated rings. The van der Waals surface area contributed by atoms with Gasteiger partial charge in [-0.2, -0.15) is 0 Å². The lowest BCUT2D eigenvalue weighted by Crippen LogP contribution is -2.40. The van der Waals surface area contributed by atoms with E-state index in [0.717, 1.165) is 11.1 Å². The van der Waals surface area contributed by atoms with E-state index in [2.05, 4.69) is 0 Å². The number of halogens is 1. The lowest BCUT2D eigenvalue weighted by molar-refractivity contribution is -0.141. The van der Waals surface area contributed by atoms with Crippen LogP contribution in [0.25, 0.3) is 0 Å². The molecule has 3 nitrogen and oxygen atoms in total. The van der Waals surface area contributed by atoms with Gasteiger partial charge in [0.05, 0.1) is 13.5 Å². The minimum absolute atomic E-state index is 0.187. The Bertz CT molecular complexity index is 438. The zero-order chi connectivity index (χ0) is 13.9. The van der Waals surface area contributed by atoms with Gasteiger partial charge in [-0.25, -0.2) is 4.39 Å². The van der Waals surface area contributed by atoms with Gasteiger partial charge in [0, 0.05) is 11.5 Å². The van der Waals surface area contributed by atoms with E-state index in [1.54, 1.807) is 6.07 Å². The summed E-state index contributed by atoms with van der Waals surface area (Å²) in [7, 11) is 1.35. The van der Waals surface area contributed by atoms with Gasteiger partial charge in [-0.05, 0) is 44.0 Å². The summed E-state index contributed by atoms with van der Waals surface area (Å²) in [5.74, 6) is -0.810. The van der Waals surface area contributed by atoms with Crippen LogP contribution in [0.5, 0.6) is 0 Å². The monoisotopic (exact) mass is 253 g/mol. The highest BCUT2D eigenvalue weighted by Crippen LogP contribution is 2.32. The van der Waals surface area contributed by atoms with Crippen LogP contribution >= 0.6 is 0 Å². The van der Waals surface area contributed by atoms with E-state index >= 15 is 0 Å². The summed E-state index contributed by atoms with van der Waals surface area (Å²) in [5.41, 5.74) is 7.21. The van der Waals surface area contributed by atoms with Gasteiger partial charge >= 0.3 is 5.97 Å². The summed E-state index contributed by atoms with van der Waals surface area (Å²) in [4.78, 5) is 11.5. The van der Waals surface area contributed by atoms with Gasteiger partial charge in [0.1, 0.15) is 5.82 Å². The molecular weight excluding hydrogens is 233 g/mol. The van der Waals surface area contributed by atoms with Gasteiger partial charge in [0.15, 0.2) is 0 Å². The summed E-state index contributed by atoms with van der Waals surface area (Å²) in [6.45, 7) is 5.52. The molecule has 4 heteroatoms. The highest BCUT2D eigenvalue weighted by atomic mass is 19.1. The minimum atomic E-state index is -0.587. The largest absolute Gasteiger partial charge is 0.469 e. The Hall–Kier alpha value is -1.42. The van der Waals surface area contributed by atoms with Crippen LogP contribution in [0.15, 0.2) is 18.2 Å². The normalized spacial score (nSPS) is 13.2. The second kappa shape index (κ2) is 5.48. The van der Waals surface area contributed by atoms with Crippen molar-refractivity contribution in [2.75, 3.05) is 7.11 Å². The van der Waals surface area contributed by atoms with Crippen molar-refractivity contribution in [3.05, 3.63) is 35.1 Å². The molecule has 2 N–H and O–H groups in total. The molecule has 0 aromatic heterocycles. The summed E-state index contributed by atoms with van der Waals surface area (Å²) in [6.07, 6.45) is 0.187. The molecule has 0 aliphatic rings. The van der Waals surface area contributed by atoms with Crippen LogP contribution in [0.2, 0.25) is 0 Å². The predicted molar refractivity (Wildman–Crippen MR) is 68.8 cm³/mol. The molecule has 18 heavy (non-hydrogen) atoms. The van der Waals surface area contributed by atoms with Crippen LogP contribution in [-0.4, -0.2) is 18.6 Å².